The summed E-state index contributed by atoms with van der Waals surface area (Å²) in [6.45, 7) is 5.03. The van der Waals surface area contributed by atoms with Crippen LogP contribution in [0.15, 0.2) is 18.2 Å². The fourth-order valence-electron chi connectivity index (χ4n) is 5.76. The van der Waals surface area contributed by atoms with Gasteiger partial charge in [0.1, 0.15) is 11.6 Å². The van der Waals surface area contributed by atoms with Crippen molar-refractivity contribution < 1.29 is 24.2 Å². The first kappa shape index (κ1) is 22.0. The van der Waals surface area contributed by atoms with Gasteiger partial charge in [-0.1, -0.05) is 23.7 Å². The molecule has 0 aliphatic carbocycles. The van der Waals surface area contributed by atoms with Crippen molar-refractivity contribution in [2.75, 3.05) is 19.0 Å². The van der Waals surface area contributed by atoms with E-state index in [1.54, 1.807) is 19.1 Å². The molecule has 1 aromatic carbocycles. The Hall–Kier alpha value is -2.16. The third-order valence-corrected chi connectivity index (χ3v) is 7.52. The molecule has 0 radical (unpaired) electrons. The van der Waals surface area contributed by atoms with Crippen LogP contribution in [0.25, 0.3) is 0 Å². The van der Waals surface area contributed by atoms with E-state index >= 15 is 0 Å². The predicted molar refractivity (Wildman–Crippen MR) is 115 cm³/mol. The van der Waals surface area contributed by atoms with Crippen LogP contribution in [0, 0.1) is 18.8 Å². The van der Waals surface area contributed by atoms with Crippen LogP contribution in [0.4, 0.5) is 5.69 Å². The molecule has 3 N–H and O–H groups in total. The zero-order valence-corrected chi connectivity index (χ0v) is 18.8. The van der Waals surface area contributed by atoms with Gasteiger partial charge in [-0.25, -0.2) is 0 Å². The molecule has 8 nitrogen and oxygen atoms in total. The van der Waals surface area contributed by atoms with Gasteiger partial charge in [-0.15, -0.1) is 0 Å². The summed E-state index contributed by atoms with van der Waals surface area (Å²) in [5.74, 6) is -2.54. The predicted octanol–water partition coefficient (Wildman–Crippen LogP) is 1.48. The highest BCUT2D eigenvalue weighted by molar-refractivity contribution is 6.34. The third kappa shape index (κ3) is 2.99. The highest BCUT2D eigenvalue weighted by Gasteiger charge is 2.78. The van der Waals surface area contributed by atoms with Crippen LogP contribution in [0.2, 0.25) is 5.02 Å². The van der Waals surface area contributed by atoms with Crippen LogP contribution in [-0.2, 0) is 19.1 Å². The van der Waals surface area contributed by atoms with E-state index in [9.17, 15) is 19.5 Å². The van der Waals surface area contributed by atoms with Crippen molar-refractivity contribution in [3.05, 3.63) is 28.8 Å². The largest absolute Gasteiger partial charge is 0.394 e. The van der Waals surface area contributed by atoms with Gasteiger partial charge in [0.25, 0.3) is 0 Å². The number of amides is 3. The first-order valence-electron chi connectivity index (χ1n) is 10.5. The van der Waals surface area contributed by atoms with Crippen molar-refractivity contribution in [3.8, 4) is 0 Å². The zero-order valence-electron chi connectivity index (χ0n) is 18.1. The fourth-order valence-corrected chi connectivity index (χ4v) is 6.03. The number of aliphatic hydroxyl groups is 1. The molecule has 3 aliphatic heterocycles. The number of ether oxygens (including phenoxy) is 1. The van der Waals surface area contributed by atoms with E-state index in [-0.39, 0.29) is 18.4 Å². The molecule has 1 aromatic rings. The fraction of sp³-hybridized carbons (Fsp3) is 0.591. The Morgan fingerprint density at radius 2 is 2.06 bits per heavy atom. The standard InChI is InChI=1S/C22H28ClN3O5/c1-11-6-5-7-13(23)16(11)25-19(29)17-22-9-8-21(3,31-22)14(18(28)24-4)15(22)20(30)26(17)12(2)10-27/h5-7,12,14-15,17,27H,8-10H2,1-4H3,(H,24,28)(H,25,29)/t12-,14+,15+,17?,21-,22?/m1/s1. The van der Waals surface area contributed by atoms with Crippen molar-refractivity contribution >= 4 is 35.0 Å². The van der Waals surface area contributed by atoms with E-state index in [1.807, 2.05) is 19.9 Å². The average molecular weight is 450 g/mol. The lowest BCUT2D eigenvalue weighted by Crippen LogP contribution is -2.56. The number of likely N-dealkylation sites (tertiary alicyclic amines) is 1. The quantitative estimate of drug-likeness (QED) is 0.631. The highest BCUT2D eigenvalue weighted by Crippen LogP contribution is 2.63. The Balaban J connectivity index is 1.79. The number of aryl methyl sites for hydroxylation is 1. The van der Waals surface area contributed by atoms with Crippen LogP contribution < -0.4 is 10.6 Å². The summed E-state index contributed by atoms with van der Waals surface area (Å²) in [6.07, 6.45) is 1.03. The summed E-state index contributed by atoms with van der Waals surface area (Å²) < 4.78 is 6.44. The number of benzene rings is 1. The minimum atomic E-state index is -1.13. The number of hydrogen-bond donors (Lipinski definition) is 3. The molecule has 2 unspecified atom stereocenters. The number of anilines is 1. The van der Waals surface area contributed by atoms with Crippen LogP contribution >= 0.6 is 11.6 Å². The molecule has 3 aliphatic rings. The molecule has 3 saturated heterocycles. The van der Waals surface area contributed by atoms with Gasteiger partial charge in [0.2, 0.25) is 17.7 Å². The monoisotopic (exact) mass is 449 g/mol. The van der Waals surface area contributed by atoms with Gasteiger partial charge in [-0.3, -0.25) is 14.4 Å². The molecular formula is C22H28ClN3O5. The van der Waals surface area contributed by atoms with Gasteiger partial charge in [-0.2, -0.15) is 0 Å². The molecule has 9 heteroatoms. The molecule has 3 amide bonds. The second kappa shape index (κ2) is 7.46. The lowest BCUT2D eigenvalue weighted by atomic mass is 9.66. The summed E-state index contributed by atoms with van der Waals surface area (Å²) in [5, 5.41) is 15.7. The van der Waals surface area contributed by atoms with Gasteiger partial charge < -0.3 is 25.4 Å². The summed E-state index contributed by atoms with van der Waals surface area (Å²) in [6, 6.07) is 3.70. The second-order valence-corrected chi connectivity index (χ2v) is 9.45. The van der Waals surface area contributed by atoms with E-state index in [2.05, 4.69) is 10.6 Å². The number of carbonyl (C=O) groups is 3. The number of para-hydroxylation sites is 1. The third-order valence-electron chi connectivity index (χ3n) is 7.20. The molecule has 2 bridgehead atoms. The number of nitrogens with zero attached hydrogens (tertiary/aromatic N) is 1. The number of aliphatic hydroxyl groups excluding tert-OH is 1. The Morgan fingerprint density at radius 3 is 2.68 bits per heavy atom. The van der Waals surface area contributed by atoms with Crippen molar-refractivity contribution in [2.45, 2.75) is 56.9 Å². The van der Waals surface area contributed by atoms with Crippen LogP contribution in [0.3, 0.4) is 0 Å². The first-order valence-corrected chi connectivity index (χ1v) is 10.9. The molecule has 1 spiro atoms. The van der Waals surface area contributed by atoms with Gasteiger partial charge in [-0.05, 0) is 45.2 Å². The maximum atomic E-state index is 13.6. The molecule has 31 heavy (non-hydrogen) atoms. The van der Waals surface area contributed by atoms with Crippen molar-refractivity contribution in [1.82, 2.24) is 10.2 Å². The lowest BCUT2D eigenvalue weighted by Gasteiger charge is -2.35. The summed E-state index contributed by atoms with van der Waals surface area (Å²) in [4.78, 5) is 41.4. The SMILES string of the molecule is CNC(=O)[C@@H]1[C@H]2C(=O)N([C@H](C)CO)C(C(=O)Nc3c(C)cccc3Cl)C23CC[C@@]1(C)O3. The Labute approximate surface area is 186 Å². The normalized spacial score (nSPS) is 34.6. The molecule has 3 fully saturated rings. The van der Waals surface area contributed by atoms with Crippen LogP contribution in [-0.4, -0.2) is 64.7 Å². The number of carbonyl (C=O) groups excluding carboxylic acids is 3. The maximum absolute atomic E-state index is 13.6. The Morgan fingerprint density at radius 1 is 1.35 bits per heavy atom. The minimum Gasteiger partial charge on any atom is -0.394 e. The molecule has 3 heterocycles. The Kier molecular flexibility index (Phi) is 5.31. The van der Waals surface area contributed by atoms with Gasteiger partial charge in [0, 0.05) is 7.05 Å². The number of nitrogens with one attached hydrogen (secondary N) is 2. The van der Waals surface area contributed by atoms with E-state index < -0.39 is 41.0 Å². The van der Waals surface area contributed by atoms with Crippen molar-refractivity contribution in [2.24, 2.45) is 11.8 Å². The maximum Gasteiger partial charge on any atom is 0.250 e. The average Bonchev–Trinajstić information content (AvgIpc) is 3.30. The topological polar surface area (TPSA) is 108 Å². The lowest BCUT2D eigenvalue weighted by molar-refractivity contribution is -0.147. The molecular weight excluding hydrogens is 422 g/mol. The number of halogens is 1. The number of hydrogen-bond acceptors (Lipinski definition) is 5. The first-order chi connectivity index (χ1) is 14.6. The minimum absolute atomic E-state index is 0.276. The van der Waals surface area contributed by atoms with E-state index in [4.69, 9.17) is 16.3 Å². The molecule has 4 rings (SSSR count). The van der Waals surface area contributed by atoms with Crippen LogP contribution in [0.5, 0.6) is 0 Å². The van der Waals surface area contributed by atoms with E-state index in [1.165, 1.54) is 11.9 Å². The summed E-state index contributed by atoms with van der Waals surface area (Å²) in [7, 11) is 1.53. The van der Waals surface area contributed by atoms with Crippen molar-refractivity contribution in [3.63, 3.8) is 0 Å². The van der Waals surface area contributed by atoms with Crippen molar-refractivity contribution in [1.29, 1.82) is 0 Å². The van der Waals surface area contributed by atoms with Gasteiger partial charge in [0.05, 0.1) is 40.8 Å². The summed E-state index contributed by atoms with van der Waals surface area (Å²) >= 11 is 6.31. The van der Waals surface area contributed by atoms with Gasteiger partial charge >= 0.3 is 0 Å². The van der Waals surface area contributed by atoms with Crippen LogP contribution in [0.1, 0.15) is 32.3 Å². The molecule has 6 atom stereocenters. The van der Waals surface area contributed by atoms with Gasteiger partial charge in [0.15, 0.2) is 0 Å². The smallest absolute Gasteiger partial charge is 0.250 e. The Bertz CT molecular complexity index is 935. The highest BCUT2D eigenvalue weighted by atomic mass is 35.5. The zero-order chi connectivity index (χ0) is 22.7. The molecule has 168 valence electrons. The van der Waals surface area contributed by atoms with E-state index in [0.717, 1.165) is 5.56 Å². The number of rotatable bonds is 5. The second-order valence-electron chi connectivity index (χ2n) is 9.04. The molecule has 0 saturated carbocycles. The summed E-state index contributed by atoms with van der Waals surface area (Å²) in [5.41, 5.74) is -0.702. The molecule has 0 aromatic heterocycles. The van der Waals surface area contributed by atoms with E-state index in [0.29, 0.717) is 23.6 Å². The number of fused-ring (bicyclic) bond motifs is 1.